The minimum Gasteiger partial charge on any atom is -0.506 e. The number of hydrogen-bond acceptors (Lipinski definition) is 7. The fraction of sp³-hybridized carbons (Fsp3) is 0.333. The lowest BCUT2D eigenvalue weighted by Crippen LogP contribution is -2.49. The van der Waals surface area contributed by atoms with Gasteiger partial charge in [0.1, 0.15) is 23.1 Å². The number of ether oxygens (including phenoxy) is 1. The van der Waals surface area contributed by atoms with Crippen LogP contribution in [-0.2, 0) is 6.42 Å². The first-order valence-electron chi connectivity index (χ1n) is 13.5. The number of pyridine rings is 1. The fourth-order valence-electron chi connectivity index (χ4n) is 5.33. The Kier molecular flexibility index (Phi) is 6.83. The van der Waals surface area contributed by atoms with E-state index < -0.39 is 5.82 Å². The molecule has 2 N–H and O–H groups in total. The van der Waals surface area contributed by atoms with E-state index in [1.54, 1.807) is 35.2 Å². The van der Waals surface area contributed by atoms with Crippen LogP contribution in [0.1, 0.15) is 46.4 Å². The van der Waals surface area contributed by atoms with Crippen LogP contribution in [0.4, 0.5) is 10.2 Å². The van der Waals surface area contributed by atoms with Gasteiger partial charge in [0.2, 0.25) is 0 Å². The second-order valence-corrected chi connectivity index (χ2v) is 10.4. The van der Waals surface area contributed by atoms with Crippen molar-refractivity contribution in [1.29, 1.82) is 0 Å². The topological polar surface area (TPSA) is 112 Å². The Morgan fingerprint density at radius 3 is 2.62 bits per heavy atom. The highest BCUT2D eigenvalue weighted by Gasteiger charge is 2.26. The predicted molar refractivity (Wildman–Crippen MR) is 149 cm³/mol. The van der Waals surface area contributed by atoms with Gasteiger partial charge in [-0.2, -0.15) is 5.10 Å². The number of aryl methyl sites for hydroxylation is 1. The monoisotopic (exact) mass is 543 g/mol. The standard InChI is InChI=1S/C30H30FN5O4/c1-18-26(40-21-3-2-4-21)9-7-22-28(18)25(33-34-29(22)38)16-19-5-8-24(31)23(15-19)30(39)36-13-11-35(12-14-36)27-10-6-20(37)17-32-27/h5-10,15,17,21,37H,2-4,11-14,16H2,1H3,(H,34,38). The highest BCUT2D eigenvalue weighted by atomic mass is 19.1. The van der Waals surface area contributed by atoms with Crippen LogP contribution in [0.25, 0.3) is 10.8 Å². The Balaban J connectivity index is 1.23. The van der Waals surface area contributed by atoms with Crippen molar-refractivity contribution in [3.8, 4) is 11.5 Å². The molecule has 2 aliphatic rings. The van der Waals surface area contributed by atoms with Gasteiger partial charge in [0.25, 0.3) is 11.5 Å². The molecule has 0 radical (unpaired) electrons. The van der Waals surface area contributed by atoms with Crippen molar-refractivity contribution in [2.75, 3.05) is 31.1 Å². The second-order valence-electron chi connectivity index (χ2n) is 10.4. The van der Waals surface area contributed by atoms with Gasteiger partial charge in [-0.15, -0.1) is 0 Å². The van der Waals surface area contributed by atoms with E-state index in [9.17, 15) is 19.1 Å². The van der Waals surface area contributed by atoms with E-state index in [4.69, 9.17) is 4.74 Å². The summed E-state index contributed by atoms with van der Waals surface area (Å²) in [5.41, 5.74) is 1.91. The normalized spacial score (nSPS) is 15.8. The zero-order chi connectivity index (χ0) is 27.8. The molecule has 0 bridgehead atoms. The van der Waals surface area contributed by atoms with Crippen molar-refractivity contribution in [1.82, 2.24) is 20.1 Å². The van der Waals surface area contributed by atoms with Crippen LogP contribution in [-0.4, -0.2) is 63.4 Å². The van der Waals surface area contributed by atoms with Crippen molar-refractivity contribution in [3.63, 3.8) is 0 Å². The van der Waals surface area contributed by atoms with Crippen molar-refractivity contribution in [3.05, 3.63) is 87.2 Å². The molecular weight excluding hydrogens is 513 g/mol. The molecule has 1 aliphatic heterocycles. The van der Waals surface area contributed by atoms with Crippen LogP contribution in [0.15, 0.2) is 53.5 Å². The summed E-state index contributed by atoms with van der Waals surface area (Å²) in [7, 11) is 0. The molecule has 1 saturated carbocycles. The molecule has 1 aliphatic carbocycles. The molecule has 2 fully saturated rings. The van der Waals surface area contributed by atoms with Crippen molar-refractivity contribution in [2.24, 2.45) is 0 Å². The number of aromatic hydroxyl groups is 1. The van der Waals surface area contributed by atoms with E-state index in [0.29, 0.717) is 49.2 Å². The molecular formula is C30H30FN5O4. The number of carbonyl (C=O) groups excluding carboxylic acids is 1. The minimum absolute atomic E-state index is 0.00756. The number of H-pyrrole nitrogens is 1. The second kappa shape index (κ2) is 10.6. The number of hydrogen-bond donors (Lipinski definition) is 2. The number of piperazine rings is 1. The highest BCUT2D eigenvalue weighted by Crippen LogP contribution is 2.32. The predicted octanol–water partition coefficient (Wildman–Crippen LogP) is 3.96. The van der Waals surface area contributed by atoms with Gasteiger partial charge in [0.05, 0.1) is 28.9 Å². The van der Waals surface area contributed by atoms with Crippen LogP contribution < -0.4 is 15.2 Å². The number of aromatic nitrogens is 3. The van der Waals surface area contributed by atoms with Crippen LogP contribution in [0.3, 0.4) is 0 Å². The highest BCUT2D eigenvalue weighted by molar-refractivity contribution is 5.95. The maximum absolute atomic E-state index is 14.9. The van der Waals surface area contributed by atoms with Crippen molar-refractivity contribution in [2.45, 2.75) is 38.7 Å². The molecule has 0 spiro atoms. The van der Waals surface area contributed by atoms with E-state index in [1.165, 1.54) is 12.3 Å². The summed E-state index contributed by atoms with van der Waals surface area (Å²) in [5, 5.41) is 17.6. The summed E-state index contributed by atoms with van der Waals surface area (Å²) in [5.74, 6) is 0.598. The third-order valence-corrected chi connectivity index (χ3v) is 7.84. The molecule has 40 heavy (non-hydrogen) atoms. The molecule has 2 aromatic heterocycles. The molecule has 6 rings (SSSR count). The summed E-state index contributed by atoms with van der Waals surface area (Å²) in [6, 6.07) is 11.4. The molecule has 2 aromatic carbocycles. The van der Waals surface area contributed by atoms with E-state index in [0.717, 1.165) is 41.8 Å². The maximum atomic E-state index is 14.9. The third-order valence-electron chi connectivity index (χ3n) is 7.84. The maximum Gasteiger partial charge on any atom is 0.272 e. The number of nitrogens with zero attached hydrogens (tertiary/aromatic N) is 4. The molecule has 3 heterocycles. The Hall–Kier alpha value is -4.47. The summed E-state index contributed by atoms with van der Waals surface area (Å²) in [6.07, 6.45) is 5.08. The number of anilines is 1. The molecule has 0 unspecified atom stereocenters. The SMILES string of the molecule is Cc1c(OC2CCC2)ccc2c(=O)[nH]nc(Cc3ccc(F)c(C(=O)N4CCN(c5ccc(O)cn5)CC4)c3)c12. The van der Waals surface area contributed by atoms with E-state index >= 15 is 0 Å². The van der Waals surface area contributed by atoms with Crippen molar-refractivity contribution >= 4 is 22.5 Å². The lowest BCUT2D eigenvalue weighted by Gasteiger charge is -2.35. The van der Waals surface area contributed by atoms with Gasteiger partial charge < -0.3 is 19.6 Å². The smallest absolute Gasteiger partial charge is 0.272 e. The van der Waals surface area contributed by atoms with Crippen LogP contribution >= 0.6 is 0 Å². The van der Waals surface area contributed by atoms with Gasteiger partial charge >= 0.3 is 0 Å². The zero-order valence-electron chi connectivity index (χ0n) is 22.2. The first kappa shape index (κ1) is 25.8. The summed E-state index contributed by atoms with van der Waals surface area (Å²) < 4.78 is 21.1. The van der Waals surface area contributed by atoms with Crippen LogP contribution in [0.5, 0.6) is 11.5 Å². The van der Waals surface area contributed by atoms with Crippen LogP contribution in [0, 0.1) is 12.7 Å². The Morgan fingerprint density at radius 1 is 1.12 bits per heavy atom. The molecule has 206 valence electrons. The van der Waals surface area contributed by atoms with E-state index in [-0.39, 0.29) is 28.9 Å². The lowest BCUT2D eigenvalue weighted by molar-refractivity contribution is 0.0741. The van der Waals surface area contributed by atoms with Gasteiger partial charge in [-0.1, -0.05) is 6.07 Å². The Bertz CT molecular complexity index is 1630. The molecule has 9 nitrogen and oxygen atoms in total. The number of halogens is 1. The van der Waals surface area contributed by atoms with Gasteiger partial charge in [0, 0.05) is 43.5 Å². The number of fused-ring (bicyclic) bond motifs is 1. The number of benzene rings is 2. The number of nitrogens with one attached hydrogen (secondary N) is 1. The van der Waals surface area contributed by atoms with E-state index in [2.05, 4.69) is 15.2 Å². The van der Waals surface area contributed by atoms with Gasteiger partial charge in [0.15, 0.2) is 0 Å². The minimum atomic E-state index is -0.581. The number of carbonyl (C=O) groups is 1. The third kappa shape index (κ3) is 4.97. The average molecular weight is 544 g/mol. The first-order chi connectivity index (χ1) is 19.4. The fourth-order valence-corrected chi connectivity index (χ4v) is 5.33. The summed E-state index contributed by atoms with van der Waals surface area (Å²) in [4.78, 5) is 33.8. The largest absolute Gasteiger partial charge is 0.506 e. The number of amides is 1. The number of aromatic amines is 1. The summed E-state index contributed by atoms with van der Waals surface area (Å²) in [6.45, 7) is 3.85. The average Bonchev–Trinajstić information content (AvgIpc) is 2.94. The van der Waals surface area contributed by atoms with Crippen LogP contribution in [0.2, 0.25) is 0 Å². The Morgan fingerprint density at radius 2 is 1.93 bits per heavy atom. The first-order valence-corrected chi connectivity index (χ1v) is 13.5. The molecule has 4 aromatic rings. The molecule has 10 heteroatoms. The quantitative estimate of drug-likeness (QED) is 0.379. The van der Waals surface area contributed by atoms with Gasteiger partial charge in [-0.25, -0.2) is 14.5 Å². The Labute approximate surface area is 230 Å². The van der Waals surface area contributed by atoms with Gasteiger partial charge in [-0.05, 0) is 68.1 Å². The van der Waals surface area contributed by atoms with Crippen molar-refractivity contribution < 1.29 is 19.0 Å². The number of rotatable bonds is 6. The van der Waals surface area contributed by atoms with Gasteiger partial charge in [-0.3, -0.25) is 9.59 Å². The summed E-state index contributed by atoms with van der Waals surface area (Å²) >= 11 is 0. The lowest BCUT2D eigenvalue weighted by atomic mass is 9.95. The molecule has 0 atom stereocenters. The zero-order valence-corrected chi connectivity index (χ0v) is 22.2. The molecule has 1 saturated heterocycles. The van der Waals surface area contributed by atoms with E-state index in [1.807, 2.05) is 17.9 Å². The molecule has 1 amide bonds.